The number of benzene rings is 2. The molecule has 2 aromatic carbocycles. The summed E-state index contributed by atoms with van der Waals surface area (Å²) >= 11 is 0. The molecule has 0 amide bonds. The van der Waals surface area contributed by atoms with Crippen molar-refractivity contribution in [3.63, 3.8) is 0 Å². The summed E-state index contributed by atoms with van der Waals surface area (Å²) < 4.78 is 30.9. The molecular formula is C18H14N2O3S. The lowest BCUT2D eigenvalue weighted by Gasteiger charge is -2.07. The van der Waals surface area contributed by atoms with Gasteiger partial charge in [-0.3, -0.25) is 4.57 Å². The lowest BCUT2D eigenvalue weighted by molar-refractivity contribution is 0.602. The minimum Gasteiger partial charge on any atom is -0.454 e. The Bertz CT molecular complexity index is 1090. The molecule has 4 aromatic rings. The number of hydrogen-bond acceptors (Lipinski definition) is 4. The van der Waals surface area contributed by atoms with Crippen molar-refractivity contribution >= 4 is 20.8 Å². The van der Waals surface area contributed by atoms with Crippen molar-refractivity contribution in [3.05, 3.63) is 67.1 Å². The van der Waals surface area contributed by atoms with Crippen LogP contribution < -0.4 is 0 Å². The van der Waals surface area contributed by atoms with Crippen LogP contribution in [-0.2, 0) is 9.84 Å². The minimum atomic E-state index is -3.21. The fourth-order valence-electron chi connectivity index (χ4n) is 2.65. The first-order valence-electron chi connectivity index (χ1n) is 7.34. The molecule has 0 unspecified atom stereocenters. The molecule has 0 saturated heterocycles. The molecule has 2 aromatic heterocycles. The Morgan fingerprint density at radius 2 is 1.79 bits per heavy atom. The van der Waals surface area contributed by atoms with E-state index in [1.165, 1.54) is 6.26 Å². The molecule has 0 bridgehead atoms. The number of aromatic nitrogens is 2. The number of para-hydroxylation sites is 1. The van der Waals surface area contributed by atoms with Gasteiger partial charge in [0.2, 0.25) is 0 Å². The number of rotatable bonds is 3. The molecule has 0 aliphatic heterocycles. The summed E-state index contributed by atoms with van der Waals surface area (Å²) in [6.07, 6.45) is 4.60. The van der Waals surface area contributed by atoms with E-state index in [1.54, 1.807) is 36.8 Å². The second-order valence-electron chi connectivity index (χ2n) is 5.56. The van der Waals surface area contributed by atoms with E-state index in [2.05, 4.69) is 4.98 Å². The molecule has 0 spiro atoms. The molecule has 5 nitrogen and oxygen atoms in total. The molecule has 0 aliphatic rings. The maximum Gasteiger partial charge on any atom is 0.175 e. The van der Waals surface area contributed by atoms with Crippen LogP contribution in [-0.4, -0.2) is 24.2 Å². The lowest BCUT2D eigenvalue weighted by Crippen LogP contribution is -1.99. The zero-order valence-corrected chi connectivity index (χ0v) is 13.7. The molecule has 4 rings (SSSR count). The van der Waals surface area contributed by atoms with E-state index in [9.17, 15) is 8.42 Å². The topological polar surface area (TPSA) is 65.1 Å². The fraction of sp³-hybridized carbons (Fsp3) is 0.0556. The van der Waals surface area contributed by atoms with Gasteiger partial charge >= 0.3 is 0 Å². The Hall–Kier alpha value is -2.86. The van der Waals surface area contributed by atoms with Crippen molar-refractivity contribution in [1.29, 1.82) is 0 Å². The van der Waals surface area contributed by atoms with Crippen LogP contribution in [0.5, 0.6) is 0 Å². The number of nitrogens with zero attached hydrogens (tertiary/aromatic N) is 2. The first-order chi connectivity index (χ1) is 11.5. The highest BCUT2D eigenvalue weighted by Gasteiger charge is 2.13. The highest BCUT2D eigenvalue weighted by Crippen LogP contribution is 2.29. The first kappa shape index (κ1) is 14.7. The SMILES string of the molecule is CS(=O)(=O)c1ccc(-n2cncc2-c2cc3ccccc3o2)cc1. The largest absolute Gasteiger partial charge is 0.454 e. The third-order valence-corrected chi connectivity index (χ3v) is 4.99. The number of sulfone groups is 1. The second-order valence-corrected chi connectivity index (χ2v) is 7.58. The Kier molecular flexibility index (Phi) is 3.28. The van der Waals surface area contributed by atoms with E-state index >= 15 is 0 Å². The highest BCUT2D eigenvalue weighted by molar-refractivity contribution is 7.90. The van der Waals surface area contributed by atoms with Crippen molar-refractivity contribution in [2.24, 2.45) is 0 Å². The van der Waals surface area contributed by atoms with Gasteiger partial charge in [0.25, 0.3) is 0 Å². The predicted molar refractivity (Wildman–Crippen MR) is 91.9 cm³/mol. The van der Waals surface area contributed by atoms with Crippen LogP contribution in [0.2, 0.25) is 0 Å². The second kappa shape index (κ2) is 5.35. The monoisotopic (exact) mass is 338 g/mol. The van der Waals surface area contributed by atoms with Gasteiger partial charge in [-0.1, -0.05) is 18.2 Å². The van der Waals surface area contributed by atoms with Crippen LogP contribution in [0.15, 0.2) is 76.4 Å². The summed E-state index contributed by atoms with van der Waals surface area (Å²) in [4.78, 5) is 4.49. The van der Waals surface area contributed by atoms with Crippen LogP contribution in [0.25, 0.3) is 28.1 Å². The third-order valence-electron chi connectivity index (χ3n) is 3.86. The summed E-state index contributed by atoms with van der Waals surface area (Å²) in [5.41, 5.74) is 2.43. The van der Waals surface area contributed by atoms with Gasteiger partial charge in [0.1, 0.15) is 11.3 Å². The first-order valence-corrected chi connectivity index (χ1v) is 9.23. The number of hydrogen-bond donors (Lipinski definition) is 0. The van der Waals surface area contributed by atoms with Crippen molar-refractivity contribution in [2.45, 2.75) is 4.90 Å². The minimum absolute atomic E-state index is 0.289. The van der Waals surface area contributed by atoms with Gasteiger partial charge in [-0.05, 0) is 36.4 Å². The predicted octanol–water partition coefficient (Wildman–Crippen LogP) is 3.69. The van der Waals surface area contributed by atoms with Crippen LogP contribution in [0, 0.1) is 0 Å². The van der Waals surface area contributed by atoms with Crippen LogP contribution >= 0.6 is 0 Å². The van der Waals surface area contributed by atoms with Crippen molar-refractivity contribution < 1.29 is 12.8 Å². The standard InChI is InChI=1S/C18H14N2O3S/c1-24(21,22)15-8-6-14(7-9-15)20-12-19-11-16(20)18-10-13-4-2-3-5-17(13)23-18/h2-12H,1H3. The third kappa shape index (κ3) is 2.51. The molecule has 0 fully saturated rings. The maximum atomic E-state index is 11.6. The Morgan fingerprint density at radius 3 is 2.50 bits per heavy atom. The maximum absolute atomic E-state index is 11.6. The normalized spacial score (nSPS) is 11.9. The molecule has 0 radical (unpaired) electrons. The molecule has 0 aliphatic carbocycles. The van der Waals surface area contributed by atoms with E-state index in [0.717, 1.165) is 22.4 Å². The van der Waals surface area contributed by atoms with Gasteiger partial charge in [0.15, 0.2) is 15.6 Å². The van der Waals surface area contributed by atoms with Crippen molar-refractivity contribution in [1.82, 2.24) is 9.55 Å². The molecular weight excluding hydrogens is 324 g/mol. The summed E-state index contributed by atoms with van der Waals surface area (Å²) in [6, 6.07) is 16.5. The van der Waals surface area contributed by atoms with Gasteiger partial charge in [-0.2, -0.15) is 0 Å². The van der Waals surface area contributed by atoms with E-state index in [0.29, 0.717) is 5.76 Å². The molecule has 0 atom stereocenters. The van der Waals surface area contributed by atoms with Crippen molar-refractivity contribution in [2.75, 3.05) is 6.26 Å². The zero-order chi connectivity index (χ0) is 16.7. The van der Waals surface area contributed by atoms with E-state index < -0.39 is 9.84 Å². The Balaban J connectivity index is 1.80. The molecule has 24 heavy (non-hydrogen) atoms. The van der Waals surface area contributed by atoms with Crippen LogP contribution in [0.1, 0.15) is 0 Å². The fourth-order valence-corrected chi connectivity index (χ4v) is 3.28. The summed E-state index contributed by atoms with van der Waals surface area (Å²) in [5, 5.41) is 1.02. The number of furan rings is 1. The van der Waals surface area contributed by atoms with E-state index in [-0.39, 0.29) is 4.90 Å². The molecule has 120 valence electrons. The van der Waals surface area contributed by atoms with Gasteiger partial charge in [-0.15, -0.1) is 0 Å². The Morgan fingerprint density at radius 1 is 1.04 bits per heavy atom. The van der Waals surface area contributed by atoms with E-state index in [4.69, 9.17) is 4.42 Å². The summed E-state index contributed by atoms with van der Waals surface area (Å²) in [7, 11) is -3.21. The highest BCUT2D eigenvalue weighted by atomic mass is 32.2. The van der Waals surface area contributed by atoms with Gasteiger partial charge < -0.3 is 4.42 Å². The van der Waals surface area contributed by atoms with Crippen molar-refractivity contribution in [3.8, 4) is 17.1 Å². The molecule has 0 saturated carbocycles. The smallest absolute Gasteiger partial charge is 0.175 e. The molecule has 2 heterocycles. The van der Waals surface area contributed by atoms with Gasteiger partial charge in [0.05, 0.1) is 17.4 Å². The quantitative estimate of drug-likeness (QED) is 0.571. The average molecular weight is 338 g/mol. The van der Waals surface area contributed by atoms with Gasteiger partial charge in [-0.25, -0.2) is 13.4 Å². The van der Waals surface area contributed by atoms with Gasteiger partial charge in [0, 0.05) is 17.3 Å². The Labute approximate surface area is 139 Å². The van der Waals surface area contributed by atoms with Crippen LogP contribution in [0.3, 0.4) is 0 Å². The molecule has 6 heteroatoms. The van der Waals surface area contributed by atoms with E-state index in [1.807, 2.05) is 34.9 Å². The number of imidazole rings is 1. The summed E-state index contributed by atoms with van der Waals surface area (Å²) in [5.74, 6) is 0.709. The number of fused-ring (bicyclic) bond motifs is 1. The molecule has 0 N–H and O–H groups in total. The van der Waals surface area contributed by atoms with Crippen LogP contribution in [0.4, 0.5) is 0 Å². The lowest BCUT2D eigenvalue weighted by atomic mass is 10.2. The average Bonchev–Trinajstić information content (AvgIpc) is 3.20. The summed E-state index contributed by atoms with van der Waals surface area (Å²) in [6.45, 7) is 0. The zero-order valence-electron chi connectivity index (χ0n) is 12.9.